The van der Waals surface area contributed by atoms with Crippen molar-refractivity contribution in [2.75, 3.05) is 11.5 Å². The van der Waals surface area contributed by atoms with Crippen LogP contribution in [-0.4, -0.2) is 0 Å². The second-order valence-corrected chi connectivity index (χ2v) is 6.59. The maximum atomic E-state index is 6.42. The van der Waals surface area contributed by atoms with E-state index in [-0.39, 0.29) is 0 Å². The van der Waals surface area contributed by atoms with E-state index in [1.165, 1.54) is 0 Å². The van der Waals surface area contributed by atoms with Gasteiger partial charge in [0.25, 0.3) is 0 Å². The molecular weight excluding hydrogens is 284 g/mol. The predicted molar refractivity (Wildman–Crippen MR) is 99.7 cm³/mol. The van der Waals surface area contributed by atoms with E-state index in [2.05, 4.69) is 27.7 Å². The zero-order chi connectivity index (χ0) is 17.6. The highest BCUT2D eigenvalue weighted by Crippen LogP contribution is 2.41. The Labute approximate surface area is 139 Å². The van der Waals surface area contributed by atoms with Crippen LogP contribution in [0.15, 0.2) is 0 Å². The summed E-state index contributed by atoms with van der Waals surface area (Å²) in [5, 5.41) is 0. The van der Waals surface area contributed by atoms with Gasteiger partial charge in [-0.1, -0.05) is 0 Å². The summed E-state index contributed by atoms with van der Waals surface area (Å²) in [5.74, 6) is 1.81. The number of hydrogen-bond donors (Lipinski definition) is 2. The molecule has 0 saturated heterocycles. The summed E-state index contributed by atoms with van der Waals surface area (Å²) in [5.41, 5.74) is 22.8. The number of anilines is 2. The van der Waals surface area contributed by atoms with E-state index in [1.54, 1.807) is 0 Å². The molecule has 124 valence electrons. The highest BCUT2D eigenvalue weighted by molar-refractivity contribution is 5.68. The highest BCUT2D eigenvalue weighted by Gasteiger charge is 2.19. The Morgan fingerprint density at radius 1 is 0.435 bits per heavy atom. The third-order valence-corrected chi connectivity index (χ3v) is 5.43. The SMILES string of the molecule is Cc1c(C)c(Oc2c(C)c(C)c(N)c(C)c2C)c(C)c(C)c1N. The molecule has 0 aromatic heterocycles. The molecular formula is C20H28N2O. The molecule has 0 aliphatic carbocycles. The lowest BCUT2D eigenvalue weighted by atomic mass is 9.96. The minimum Gasteiger partial charge on any atom is -0.456 e. The molecule has 0 radical (unpaired) electrons. The van der Waals surface area contributed by atoms with E-state index in [0.29, 0.717) is 0 Å². The number of hydrogen-bond acceptors (Lipinski definition) is 3. The van der Waals surface area contributed by atoms with E-state index in [4.69, 9.17) is 16.2 Å². The molecule has 2 aromatic carbocycles. The van der Waals surface area contributed by atoms with Gasteiger partial charge in [0, 0.05) is 11.4 Å². The lowest BCUT2D eigenvalue weighted by Crippen LogP contribution is -2.06. The van der Waals surface area contributed by atoms with Crippen molar-refractivity contribution >= 4 is 11.4 Å². The van der Waals surface area contributed by atoms with Crippen LogP contribution in [0.5, 0.6) is 11.5 Å². The molecule has 0 amide bonds. The first-order chi connectivity index (χ1) is 10.6. The first-order valence-electron chi connectivity index (χ1n) is 7.99. The van der Waals surface area contributed by atoms with Gasteiger partial charge in [0.1, 0.15) is 11.5 Å². The maximum absolute atomic E-state index is 6.42. The Balaban J connectivity index is 2.71. The maximum Gasteiger partial charge on any atom is 0.133 e. The van der Waals surface area contributed by atoms with Gasteiger partial charge in [0.05, 0.1) is 0 Å². The third-order valence-electron chi connectivity index (χ3n) is 5.43. The van der Waals surface area contributed by atoms with Gasteiger partial charge in [-0.05, 0) is 99.9 Å². The Bertz CT molecular complexity index is 679. The van der Waals surface area contributed by atoms with Gasteiger partial charge in [-0.2, -0.15) is 0 Å². The Hall–Kier alpha value is -2.16. The van der Waals surface area contributed by atoms with E-state index in [1.807, 2.05) is 27.7 Å². The summed E-state index contributed by atoms with van der Waals surface area (Å²) >= 11 is 0. The third kappa shape index (κ3) is 2.54. The fraction of sp³-hybridized carbons (Fsp3) is 0.400. The van der Waals surface area contributed by atoms with Crippen LogP contribution in [0, 0.1) is 55.4 Å². The number of ether oxygens (including phenoxy) is 1. The van der Waals surface area contributed by atoms with Crippen LogP contribution in [0.4, 0.5) is 11.4 Å². The first kappa shape index (κ1) is 17.2. The quantitative estimate of drug-likeness (QED) is 0.757. The summed E-state index contributed by atoms with van der Waals surface area (Å²) in [6.45, 7) is 16.4. The van der Waals surface area contributed by atoms with Gasteiger partial charge >= 0.3 is 0 Å². The molecule has 0 atom stereocenters. The number of nitrogen functional groups attached to an aromatic ring is 2. The van der Waals surface area contributed by atoms with E-state index in [9.17, 15) is 0 Å². The normalized spacial score (nSPS) is 11.0. The van der Waals surface area contributed by atoms with Gasteiger partial charge in [0.15, 0.2) is 0 Å². The number of rotatable bonds is 2. The van der Waals surface area contributed by atoms with Gasteiger partial charge in [0.2, 0.25) is 0 Å². The fourth-order valence-electron chi connectivity index (χ4n) is 3.02. The Kier molecular flexibility index (Phi) is 4.34. The van der Waals surface area contributed by atoms with Crippen LogP contribution < -0.4 is 16.2 Å². The lowest BCUT2D eigenvalue weighted by Gasteiger charge is -2.23. The molecule has 0 heterocycles. The fourth-order valence-corrected chi connectivity index (χ4v) is 3.02. The summed E-state index contributed by atoms with van der Waals surface area (Å²) in [4.78, 5) is 0. The van der Waals surface area contributed by atoms with Crippen molar-refractivity contribution in [2.45, 2.75) is 55.4 Å². The molecule has 0 spiro atoms. The van der Waals surface area contributed by atoms with Gasteiger partial charge < -0.3 is 16.2 Å². The molecule has 0 aliphatic rings. The van der Waals surface area contributed by atoms with Crippen molar-refractivity contribution < 1.29 is 4.74 Å². The molecule has 4 N–H and O–H groups in total. The molecule has 0 fully saturated rings. The van der Waals surface area contributed by atoms with Crippen LogP contribution in [-0.2, 0) is 0 Å². The van der Waals surface area contributed by atoms with Crippen molar-refractivity contribution in [3.63, 3.8) is 0 Å². The van der Waals surface area contributed by atoms with E-state index in [0.717, 1.165) is 67.4 Å². The monoisotopic (exact) mass is 312 g/mol. The minimum absolute atomic E-state index is 0.852. The zero-order valence-electron chi connectivity index (χ0n) is 15.6. The average molecular weight is 312 g/mol. The van der Waals surface area contributed by atoms with Crippen molar-refractivity contribution in [3.05, 3.63) is 44.5 Å². The average Bonchev–Trinajstić information content (AvgIpc) is 2.54. The molecule has 3 nitrogen and oxygen atoms in total. The number of benzene rings is 2. The van der Waals surface area contributed by atoms with Gasteiger partial charge in [-0.3, -0.25) is 0 Å². The van der Waals surface area contributed by atoms with Crippen LogP contribution in [0.2, 0.25) is 0 Å². The second kappa shape index (κ2) is 5.80. The molecule has 0 saturated carbocycles. The topological polar surface area (TPSA) is 61.3 Å². The second-order valence-electron chi connectivity index (χ2n) is 6.59. The van der Waals surface area contributed by atoms with Gasteiger partial charge in [-0.25, -0.2) is 0 Å². The lowest BCUT2D eigenvalue weighted by molar-refractivity contribution is 0.466. The van der Waals surface area contributed by atoms with Crippen molar-refractivity contribution in [1.82, 2.24) is 0 Å². The zero-order valence-corrected chi connectivity index (χ0v) is 15.6. The minimum atomic E-state index is 0.852. The predicted octanol–water partition coefficient (Wildman–Crippen LogP) is 5.11. The van der Waals surface area contributed by atoms with E-state index >= 15 is 0 Å². The molecule has 2 rings (SSSR count). The van der Waals surface area contributed by atoms with Crippen LogP contribution in [0.1, 0.15) is 44.5 Å². The van der Waals surface area contributed by atoms with Crippen LogP contribution in [0.25, 0.3) is 0 Å². The Morgan fingerprint density at radius 3 is 0.870 bits per heavy atom. The van der Waals surface area contributed by atoms with Crippen molar-refractivity contribution in [1.29, 1.82) is 0 Å². The molecule has 23 heavy (non-hydrogen) atoms. The summed E-state index contributed by atoms with van der Waals surface area (Å²) in [7, 11) is 0. The summed E-state index contributed by atoms with van der Waals surface area (Å²) in [6, 6.07) is 0. The molecule has 0 bridgehead atoms. The first-order valence-corrected chi connectivity index (χ1v) is 7.99. The highest BCUT2D eigenvalue weighted by atomic mass is 16.5. The molecule has 2 aromatic rings. The largest absolute Gasteiger partial charge is 0.456 e. The van der Waals surface area contributed by atoms with Crippen LogP contribution in [0.3, 0.4) is 0 Å². The molecule has 0 unspecified atom stereocenters. The standard InChI is InChI=1S/C20H28N2O/c1-9-13(5)19(14(6)10(2)17(9)21)23-20-15(7)11(3)18(22)12(4)16(20)8/h21-22H2,1-8H3. The van der Waals surface area contributed by atoms with Crippen molar-refractivity contribution in [3.8, 4) is 11.5 Å². The van der Waals surface area contributed by atoms with Gasteiger partial charge in [-0.15, -0.1) is 0 Å². The summed E-state index contributed by atoms with van der Waals surface area (Å²) < 4.78 is 6.42. The number of nitrogens with two attached hydrogens (primary N) is 2. The van der Waals surface area contributed by atoms with Crippen molar-refractivity contribution in [2.24, 2.45) is 0 Å². The van der Waals surface area contributed by atoms with Crippen LogP contribution >= 0.6 is 0 Å². The molecule has 0 aliphatic heterocycles. The van der Waals surface area contributed by atoms with E-state index < -0.39 is 0 Å². The summed E-state index contributed by atoms with van der Waals surface area (Å²) in [6.07, 6.45) is 0. The smallest absolute Gasteiger partial charge is 0.133 e. The Morgan fingerprint density at radius 2 is 0.652 bits per heavy atom. The molecule has 3 heteroatoms.